The van der Waals surface area contributed by atoms with Crippen LogP contribution in [-0.2, 0) is 33.6 Å². The SMILES string of the molecule is NCCCCC(N)C(=O)NC(CC(=O)O)C(=O)NC(CCC(=O)O)C(=O)NC(CCC(N)=O)C(=O)O. The molecule has 0 fully saturated rings. The molecule has 16 nitrogen and oxygen atoms in total. The molecule has 16 heteroatoms. The highest BCUT2D eigenvalue weighted by molar-refractivity contribution is 5.95. The average molecular weight is 519 g/mol. The Labute approximate surface area is 206 Å². The molecule has 4 amide bonds. The van der Waals surface area contributed by atoms with E-state index in [0.29, 0.717) is 19.4 Å². The number of primary amides is 1. The summed E-state index contributed by atoms with van der Waals surface area (Å²) in [6.45, 7) is 0.378. The van der Waals surface area contributed by atoms with Crippen LogP contribution < -0.4 is 33.2 Å². The summed E-state index contributed by atoms with van der Waals surface area (Å²) in [4.78, 5) is 82.2. The summed E-state index contributed by atoms with van der Waals surface area (Å²) in [6.07, 6.45) is -1.39. The minimum Gasteiger partial charge on any atom is -0.481 e. The highest BCUT2D eigenvalue weighted by Gasteiger charge is 2.31. The molecule has 0 rings (SSSR count). The van der Waals surface area contributed by atoms with Gasteiger partial charge in [-0.15, -0.1) is 0 Å². The maximum atomic E-state index is 12.7. The number of carbonyl (C=O) groups is 7. The number of hydrogen-bond acceptors (Lipinski definition) is 9. The van der Waals surface area contributed by atoms with Crippen LogP contribution in [0.25, 0.3) is 0 Å². The zero-order valence-corrected chi connectivity index (χ0v) is 19.6. The number of amides is 4. The number of unbranched alkanes of at least 4 members (excludes halogenated alkanes) is 1. The minimum atomic E-state index is -1.67. The largest absolute Gasteiger partial charge is 0.481 e. The first-order valence-electron chi connectivity index (χ1n) is 11.1. The molecule has 4 atom stereocenters. The second-order valence-electron chi connectivity index (χ2n) is 7.95. The van der Waals surface area contributed by atoms with Gasteiger partial charge in [-0.05, 0) is 32.2 Å². The molecular weight excluding hydrogens is 484 g/mol. The van der Waals surface area contributed by atoms with E-state index in [0.717, 1.165) is 0 Å². The zero-order valence-electron chi connectivity index (χ0n) is 19.6. The smallest absolute Gasteiger partial charge is 0.326 e. The van der Waals surface area contributed by atoms with Gasteiger partial charge in [0.1, 0.15) is 18.1 Å². The number of carboxylic acids is 3. The molecule has 0 aliphatic heterocycles. The molecule has 0 spiro atoms. The molecule has 204 valence electrons. The van der Waals surface area contributed by atoms with Crippen LogP contribution in [0, 0.1) is 0 Å². The third-order valence-electron chi connectivity index (χ3n) is 4.89. The lowest BCUT2D eigenvalue weighted by Gasteiger charge is -2.24. The van der Waals surface area contributed by atoms with E-state index in [1.807, 2.05) is 0 Å². The normalized spacial score (nSPS) is 13.9. The van der Waals surface area contributed by atoms with Crippen molar-refractivity contribution in [1.29, 1.82) is 0 Å². The van der Waals surface area contributed by atoms with E-state index in [1.165, 1.54) is 0 Å². The van der Waals surface area contributed by atoms with Crippen molar-refractivity contribution in [2.75, 3.05) is 6.54 Å². The summed E-state index contributed by atoms with van der Waals surface area (Å²) >= 11 is 0. The van der Waals surface area contributed by atoms with Crippen molar-refractivity contribution in [3.05, 3.63) is 0 Å². The van der Waals surface area contributed by atoms with Crippen molar-refractivity contribution in [1.82, 2.24) is 16.0 Å². The molecule has 0 aliphatic rings. The summed E-state index contributed by atoms with van der Waals surface area (Å²) in [5, 5.41) is 33.7. The maximum Gasteiger partial charge on any atom is 0.326 e. The molecule has 0 aromatic heterocycles. The highest BCUT2D eigenvalue weighted by Crippen LogP contribution is 2.05. The fourth-order valence-corrected chi connectivity index (χ4v) is 2.93. The van der Waals surface area contributed by atoms with E-state index in [2.05, 4.69) is 16.0 Å². The maximum absolute atomic E-state index is 12.7. The summed E-state index contributed by atoms with van der Waals surface area (Å²) < 4.78 is 0. The number of nitrogens with one attached hydrogen (secondary N) is 3. The fourth-order valence-electron chi connectivity index (χ4n) is 2.93. The van der Waals surface area contributed by atoms with Crippen molar-refractivity contribution in [3.8, 4) is 0 Å². The van der Waals surface area contributed by atoms with Crippen LogP contribution in [-0.4, -0.2) is 87.6 Å². The van der Waals surface area contributed by atoms with Crippen molar-refractivity contribution in [2.45, 2.75) is 75.5 Å². The van der Waals surface area contributed by atoms with E-state index < -0.39 is 85.0 Å². The standard InChI is InChI=1S/C20H34N6O10/c21-8-2-1-3-10(22)17(32)26-13(9-16(30)31)19(34)24-11(5-7-15(28)29)18(33)25-12(20(35)36)4-6-14(23)27/h10-13H,1-9,21-22H2,(H2,23,27)(H,24,34)(H,25,33)(H,26,32)(H,28,29)(H,30,31)(H,35,36). The summed E-state index contributed by atoms with van der Waals surface area (Å²) in [6, 6.07) is -5.90. The summed E-state index contributed by atoms with van der Waals surface area (Å²) in [5.74, 6) is -8.17. The first kappa shape index (κ1) is 32.2. The Morgan fingerprint density at radius 3 is 1.69 bits per heavy atom. The van der Waals surface area contributed by atoms with Crippen LogP contribution >= 0.6 is 0 Å². The van der Waals surface area contributed by atoms with Gasteiger partial charge in [-0.25, -0.2) is 4.79 Å². The monoisotopic (exact) mass is 518 g/mol. The van der Waals surface area contributed by atoms with Gasteiger partial charge in [-0.2, -0.15) is 0 Å². The topological polar surface area (TPSA) is 294 Å². The van der Waals surface area contributed by atoms with Gasteiger partial charge in [-0.1, -0.05) is 6.42 Å². The summed E-state index contributed by atoms with van der Waals surface area (Å²) in [5.41, 5.74) is 16.1. The van der Waals surface area contributed by atoms with Gasteiger partial charge in [0.05, 0.1) is 12.5 Å². The molecule has 0 aromatic rings. The summed E-state index contributed by atoms with van der Waals surface area (Å²) in [7, 11) is 0. The van der Waals surface area contributed by atoms with Crippen LogP contribution in [0.1, 0.15) is 51.4 Å². The second kappa shape index (κ2) is 16.8. The Balaban J connectivity index is 5.53. The molecule has 0 heterocycles. The van der Waals surface area contributed by atoms with Crippen LogP contribution in [0.5, 0.6) is 0 Å². The van der Waals surface area contributed by atoms with E-state index in [9.17, 15) is 38.7 Å². The molecule has 0 aliphatic carbocycles. The van der Waals surface area contributed by atoms with Crippen LogP contribution in [0.15, 0.2) is 0 Å². The lowest BCUT2D eigenvalue weighted by atomic mass is 10.1. The van der Waals surface area contributed by atoms with Gasteiger partial charge in [0.2, 0.25) is 23.6 Å². The highest BCUT2D eigenvalue weighted by atomic mass is 16.4. The Morgan fingerprint density at radius 2 is 1.19 bits per heavy atom. The zero-order chi connectivity index (χ0) is 27.8. The quantitative estimate of drug-likeness (QED) is 0.0755. The molecule has 0 saturated heterocycles. The van der Waals surface area contributed by atoms with Crippen molar-refractivity contribution < 1.29 is 48.9 Å². The van der Waals surface area contributed by atoms with Crippen molar-refractivity contribution in [2.24, 2.45) is 17.2 Å². The molecule has 0 aromatic carbocycles. The molecule has 0 bridgehead atoms. The van der Waals surface area contributed by atoms with Gasteiger partial charge in [0.25, 0.3) is 0 Å². The van der Waals surface area contributed by atoms with Gasteiger partial charge in [-0.3, -0.25) is 28.8 Å². The Bertz CT molecular complexity index is 821. The van der Waals surface area contributed by atoms with Gasteiger partial charge in [0, 0.05) is 12.8 Å². The van der Waals surface area contributed by atoms with E-state index in [1.54, 1.807) is 0 Å². The third-order valence-corrected chi connectivity index (χ3v) is 4.89. The number of rotatable bonds is 19. The fraction of sp³-hybridized carbons (Fsp3) is 0.650. The van der Waals surface area contributed by atoms with E-state index in [-0.39, 0.29) is 19.3 Å². The number of carboxylic acid groups (broad SMARTS) is 3. The van der Waals surface area contributed by atoms with Crippen molar-refractivity contribution in [3.63, 3.8) is 0 Å². The number of aliphatic carboxylic acids is 3. The Kier molecular flexibility index (Phi) is 15.0. The van der Waals surface area contributed by atoms with Gasteiger partial charge in [0.15, 0.2) is 0 Å². The number of nitrogens with two attached hydrogens (primary N) is 3. The third kappa shape index (κ3) is 13.8. The molecule has 36 heavy (non-hydrogen) atoms. The molecule has 0 radical (unpaired) electrons. The van der Waals surface area contributed by atoms with Crippen LogP contribution in [0.3, 0.4) is 0 Å². The predicted octanol–water partition coefficient (Wildman–Crippen LogP) is -3.41. The van der Waals surface area contributed by atoms with Crippen LogP contribution in [0.2, 0.25) is 0 Å². The first-order valence-corrected chi connectivity index (χ1v) is 11.1. The lowest BCUT2D eigenvalue weighted by Crippen LogP contribution is -2.57. The van der Waals surface area contributed by atoms with E-state index >= 15 is 0 Å². The first-order chi connectivity index (χ1) is 16.8. The number of carbonyl (C=O) groups excluding carboxylic acids is 4. The average Bonchev–Trinajstić information content (AvgIpc) is 2.77. The van der Waals surface area contributed by atoms with Gasteiger partial charge >= 0.3 is 17.9 Å². The minimum absolute atomic E-state index is 0.218. The molecule has 12 N–H and O–H groups in total. The number of hydrogen-bond donors (Lipinski definition) is 9. The Morgan fingerprint density at radius 1 is 0.667 bits per heavy atom. The van der Waals surface area contributed by atoms with E-state index in [4.69, 9.17) is 27.4 Å². The Hall–Kier alpha value is -3.79. The van der Waals surface area contributed by atoms with Crippen LogP contribution in [0.4, 0.5) is 0 Å². The second-order valence-corrected chi connectivity index (χ2v) is 7.95. The predicted molar refractivity (Wildman–Crippen MR) is 122 cm³/mol. The molecular formula is C20H34N6O10. The lowest BCUT2D eigenvalue weighted by molar-refractivity contribution is -0.144. The van der Waals surface area contributed by atoms with Gasteiger partial charge < -0.3 is 48.5 Å². The molecule has 0 saturated carbocycles. The van der Waals surface area contributed by atoms with Crippen molar-refractivity contribution >= 4 is 41.5 Å². The molecule has 4 unspecified atom stereocenters.